The van der Waals surface area contributed by atoms with Crippen LogP contribution in [-0.4, -0.2) is 18.5 Å². The number of benzene rings is 1. The van der Waals surface area contributed by atoms with Crippen molar-refractivity contribution in [3.05, 3.63) is 35.4 Å². The van der Waals surface area contributed by atoms with Crippen LogP contribution in [0.5, 0.6) is 0 Å². The first-order valence-corrected chi connectivity index (χ1v) is 7.35. The second kappa shape index (κ2) is 7.44. The molecule has 0 bridgehead atoms. The molecule has 0 aromatic heterocycles. The minimum absolute atomic E-state index is 0.0254. The summed E-state index contributed by atoms with van der Waals surface area (Å²) in [6, 6.07) is 8.21. The third-order valence-corrected chi connectivity index (χ3v) is 3.32. The van der Waals surface area contributed by atoms with Crippen molar-refractivity contribution in [1.82, 2.24) is 5.32 Å². The Bertz CT molecular complexity index is 435. The van der Waals surface area contributed by atoms with Gasteiger partial charge in [0, 0.05) is 19.0 Å². The van der Waals surface area contributed by atoms with Crippen LogP contribution in [0.3, 0.4) is 0 Å². The maximum absolute atomic E-state index is 11.8. The average Bonchev–Trinajstić information content (AvgIpc) is 2.33. The van der Waals surface area contributed by atoms with Crippen molar-refractivity contribution in [2.75, 3.05) is 6.54 Å². The maximum atomic E-state index is 11.8. The lowest BCUT2D eigenvalue weighted by Gasteiger charge is -2.23. The molecular weight excluding hydrogens is 248 g/mol. The Morgan fingerprint density at radius 3 is 2.55 bits per heavy atom. The van der Waals surface area contributed by atoms with Crippen molar-refractivity contribution in [3.8, 4) is 0 Å². The van der Waals surface area contributed by atoms with Crippen molar-refractivity contribution in [2.45, 2.75) is 53.0 Å². The maximum Gasteiger partial charge on any atom is 0.220 e. The predicted molar refractivity (Wildman–Crippen MR) is 84.6 cm³/mol. The molecule has 3 N–H and O–H groups in total. The third-order valence-electron chi connectivity index (χ3n) is 3.32. The van der Waals surface area contributed by atoms with Crippen LogP contribution in [0.1, 0.15) is 44.7 Å². The van der Waals surface area contributed by atoms with Gasteiger partial charge in [0.25, 0.3) is 0 Å². The number of nitrogens with one attached hydrogen (secondary N) is 1. The third kappa shape index (κ3) is 6.71. The highest BCUT2D eigenvalue weighted by molar-refractivity contribution is 5.76. The van der Waals surface area contributed by atoms with E-state index in [4.69, 9.17) is 5.73 Å². The van der Waals surface area contributed by atoms with Crippen molar-refractivity contribution in [2.24, 2.45) is 11.1 Å². The highest BCUT2D eigenvalue weighted by Gasteiger charge is 2.16. The Morgan fingerprint density at radius 1 is 1.30 bits per heavy atom. The van der Waals surface area contributed by atoms with Crippen LogP contribution in [0.25, 0.3) is 0 Å². The first-order chi connectivity index (χ1) is 9.28. The van der Waals surface area contributed by atoms with E-state index in [0.717, 1.165) is 12.8 Å². The first-order valence-electron chi connectivity index (χ1n) is 7.35. The number of aryl methyl sites for hydroxylation is 2. The molecule has 3 nitrogen and oxygen atoms in total. The van der Waals surface area contributed by atoms with E-state index in [1.165, 1.54) is 11.1 Å². The zero-order chi connectivity index (χ0) is 15.2. The summed E-state index contributed by atoms with van der Waals surface area (Å²) >= 11 is 0. The number of nitrogens with two attached hydrogens (primary N) is 1. The van der Waals surface area contributed by atoms with E-state index < -0.39 is 0 Å². The van der Waals surface area contributed by atoms with Crippen LogP contribution < -0.4 is 11.1 Å². The Labute approximate surface area is 122 Å². The standard InChI is InChI=1S/C17H28N2O/c1-13-7-5-6-8-14(13)9-10-16(20)19-12-15(18)11-17(2,3)4/h5-8,15H,9-12,18H2,1-4H3,(H,19,20). The Morgan fingerprint density at radius 2 is 1.95 bits per heavy atom. The molecule has 1 atom stereocenters. The lowest BCUT2D eigenvalue weighted by atomic mass is 9.88. The smallest absolute Gasteiger partial charge is 0.220 e. The molecule has 0 aliphatic heterocycles. The van der Waals surface area contributed by atoms with Gasteiger partial charge in [-0.2, -0.15) is 0 Å². The van der Waals surface area contributed by atoms with Crippen LogP contribution in [-0.2, 0) is 11.2 Å². The monoisotopic (exact) mass is 276 g/mol. The second-order valence-corrected chi connectivity index (χ2v) is 6.76. The number of rotatable bonds is 6. The summed E-state index contributed by atoms with van der Waals surface area (Å²) in [5, 5.41) is 2.93. The summed E-state index contributed by atoms with van der Waals surface area (Å²) in [5.41, 5.74) is 8.70. The van der Waals surface area contributed by atoms with Gasteiger partial charge in [-0.3, -0.25) is 4.79 Å². The van der Waals surface area contributed by atoms with Crippen LogP contribution >= 0.6 is 0 Å². The number of hydrogen-bond donors (Lipinski definition) is 2. The minimum Gasteiger partial charge on any atom is -0.355 e. The van der Waals surface area contributed by atoms with E-state index in [-0.39, 0.29) is 17.4 Å². The highest BCUT2D eigenvalue weighted by Crippen LogP contribution is 2.19. The van der Waals surface area contributed by atoms with Gasteiger partial charge < -0.3 is 11.1 Å². The zero-order valence-electron chi connectivity index (χ0n) is 13.2. The van der Waals surface area contributed by atoms with Crippen LogP contribution in [0.2, 0.25) is 0 Å². The van der Waals surface area contributed by atoms with Gasteiger partial charge in [-0.1, -0.05) is 45.0 Å². The van der Waals surface area contributed by atoms with E-state index in [9.17, 15) is 4.79 Å². The molecule has 1 rings (SSSR count). The summed E-state index contributed by atoms with van der Waals surface area (Å²) in [7, 11) is 0. The Kier molecular flexibility index (Phi) is 6.21. The SMILES string of the molecule is Cc1ccccc1CCC(=O)NCC(N)CC(C)(C)C. The van der Waals surface area contributed by atoms with E-state index in [2.05, 4.69) is 45.1 Å². The molecule has 1 aromatic rings. The molecule has 1 unspecified atom stereocenters. The zero-order valence-corrected chi connectivity index (χ0v) is 13.2. The molecule has 0 aliphatic rings. The van der Waals surface area contributed by atoms with Crippen molar-refractivity contribution in [1.29, 1.82) is 0 Å². The molecule has 0 aliphatic carbocycles. The van der Waals surface area contributed by atoms with Crippen LogP contribution in [0, 0.1) is 12.3 Å². The van der Waals surface area contributed by atoms with Gasteiger partial charge in [0.05, 0.1) is 0 Å². The molecule has 0 radical (unpaired) electrons. The number of carbonyl (C=O) groups excluding carboxylic acids is 1. The van der Waals surface area contributed by atoms with Gasteiger partial charge in [-0.15, -0.1) is 0 Å². The molecule has 0 saturated heterocycles. The van der Waals surface area contributed by atoms with Gasteiger partial charge in [-0.05, 0) is 36.3 Å². The summed E-state index contributed by atoms with van der Waals surface area (Å²) in [5.74, 6) is 0.0811. The molecule has 0 fully saturated rings. The molecule has 0 saturated carbocycles. The van der Waals surface area contributed by atoms with Gasteiger partial charge >= 0.3 is 0 Å². The summed E-state index contributed by atoms with van der Waals surface area (Å²) in [6.07, 6.45) is 2.21. The molecule has 20 heavy (non-hydrogen) atoms. The van der Waals surface area contributed by atoms with Gasteiger partial charge in [0.2, 0.25) is 5.91 Å². The van der Waals surface area contributed by atoms with E-state index in [1.54, 1.807) is 0 Å². The van der Waals surface area contributed by atoms with E-state index in [0.29, 0.717) is 13.0 Å². The Hall–Kier alpha value is -1.35. The van der Waals surface area contributed by atoms with E-state index in [1.807, 2.05) is 12.1 Å². The summed E-state index contributed by atoms with van der Waals surface area (Å²) in [4.78, 5) is 11.8. The minimum atomic E-state index is 0.0254. The van der Waals surface area contributed by atoms with Crippen LogP contribution in [0.4, 0.5) is 0 Å². The fourth-order valence-corrected chi connectivity index (χ4v) is 2.33. The summed E-state index contributed by atoms with van der Waals surface area (Å²) in [6.45, 7) is 9.11. The van der Waals surface area contributed by atoms with Crippen molar-refractivity contribution in [3.63, 3.8) is 0 Å². The highest BCUT2D eigenvalue weighted by atomic mass is 16.1. The predicted octanol–water partition coefficient (Wildman–Crippen LogP) is 2.81. The Balaban J connectivity index is 2.29. The van der Waals surface area contributed by atoms with Crippen molar-refractivity contribution >= 4 is 5.91 Å². The normalized spacial score (nSPS) is 13.1. The van der Waals surface area contributed by atoms with Gasteiger partial charge in [0.1, 0.15) is 0 Å². The molecule has 1 amide bonds. The lowest BCUT2D eigenvalue weighted by Crippen LogP contribution is -2.39. The van der Waals surface area contributed by atoms with Crippen molar-refractivity contribution < 1.29 is 4.79 Å². The van der Waals surface area contributed by atoms with Gasteiger partial charge in [-0.25, -0.2) is 0 Å². The lowest BCUT2D eigenvalue weighted by molar-refractivity contribution is -0.121. The fourth-order valence-electron chi connectivity index (χ4n) is 2.33. The topological polar surface area (TPSA) is 55.1 Å². The largest absolute Gasteiger partial charge is 0.355 e. The number of amides is 1. The molecular formula is C17H28N2O. The van der Waals surface area contributed by atoms with Crippen LogP contribution in [0.15, 0.2) is 24.3 Å². The second-order valence-electron chi connectivity index (χ2n) is 6.76. The number of carbonyl (C=O) groups is 1. The molecule has 112 valence electrons. The number of hydrogen-bond acceptors (Lipinski definition) is 2. The van der Waals surface area contributed by atoms with E-state index >= 15 is 0 Å². The first kappa shape index (κ1) is 16.7. The quantitative estimate of drug-likeness (QED) is 0.839. The molecule has 1 aromatic carbocycles. The average molecular weight is 276 g/mol. The summed E-state index contributed by atoms with van der Waals surface area (Å²) < 4.78 is 0. The molecule has 0 heterocycles. The van der Waals surface area contributed by atoms with Gasteiger partial charge in [0.15, 0.2) is 0 Å². The fraction of sp³-hybridized carbons (Fsp3) is 0.588. The molecule has 3 heteroatoms. The molecule has 0 spiro atoms.